The van der Waals surface area contributed by atoms with Gasteiger partial charge in [-0.3, -0.25) is 4.79 Å². The molecule has 2 heterocycles. The molecule has 2 aromatic rings. The molecule has 1 amide bonds. The Morgan fingerprint density at radius 1 is 1.23 bits per heavy atom. The zero-order valence-corrected chi connectivity index (χ0v) is 18.2. The summed E-state index contributed by atoms with van der Waals surface area (Å²) in [5, 5.41) is 53.5. The van der Waals surface area contributed by atoms with Crippen LogP contribution in [0.3, 0.4) is 0 Å². The van der Waals surface area contributed by atoms with Gasteiger partial charge in [-0.25, -0.2) is 14.3 Å². The molecule has 1 aliphatic rings. The first-order chi connectivity index (χ1) is 16.6. The third-order valence-corrected chi connectivity index (χ3v) is 5.14. The first-order valence-corrected chi connectivity index (χ1v) is 10.1. The quantitative estimate of drug-likeness (QED) is 0.179. The fraction of sp³-hybridized carbons (Fsp3) is 0.350. The molecule has 0 saturated heterocycles. The van der Waals surface area contributed by atoms with Gasteiger partial charge in [0, 0.05) is 17.4 Å². The van der Waals surface area contributed by atoms with Gasteiger partial charge in [0.05, 0.1) is 30.4 Å². The number of hydrogen-bond donors (Lipinski definition) is 5. The lowest BCUT2D eigenvalue weighted by Gasteiger charge is -2.38. The van der Waals surface area contributed by atoms with Gasteiger partial charge in [-0.2, -0.15) is 0 Å². The molecule has 5 atom stereocenters. The van der Waals surface area contributed by atoms with E-state index in [9.17, 15) is 29.7 Å². The number of aliphatic hydroxyl groups excluding tert-OH is 2. The Bertz CT molecular complexity index is 1190. The molecular formula is C20H21N7O8. The molecule has 15 nitrogen and oxygen atoms in total. The van der Waals surface area contributed by atoms with E-state index in [0.29, 0.717) is 11.3 Å². The van der Waals surface area contributed by atoms with Crippen LogP contribution in [0.25, 0.3) is 21.7 Å². The Labute approximate surface area is 196 Å². The summed E-state index contributed by atoms with van der Waals surface area (Å²) in [5.74, 6) is -3.76. The molecule has 184 valence electrons. The number of aromatic carboxylic acids is 1. The fourth-order valence-electron chi connectivity index (χ4n) is 3.51. The van der Waals surface area contributed by atoms with E-state index in [-0.39, 0.29) is 12.1 Å². The van der Waals surface area contributed by atoms with Crippen LogP contribution in [0.4, 0.5) is 0 Å². The number of carbonyl (C=O) groups is 3. The highest BCUT2D eigenvalue weighted by Gasteiger charge is 2.43. The summed E-state index contributed by atoms with van der Waals surface area (Å²) in [6.07, 6.45) is -2.34. The molecule has 5 N–H and O–H groups in total. The number of carboxylic acids is 2. The Balaban J connectivity index is 1.79. The number of carboxylic acid groups (broad SMARTS) is 2. The minimum atomic E-state index is -1.74. The van der Waals surface area contributed by atoms with Crippen molar-refractivity contribution in [1.82, 2.24) is 20.3 Å². The second-order valence-electron chi connectivity index (χ2n) is 7.61. The molecule has 35 heavy (non-hydrogen) atoms. The van der Waals surface area contributed by atoms with E-state index >= 15 is 0 Å². The summed E-state index contributed by atoms with van der Waals surface area (Å²) in [7, 11) is 0. The normalized spacial score (nSPS) is 21.0. The van der Waals surface area contributed by atoms with E-state index in [0.717, 1.165) is 6.08 Å². The first-order valence-electron chi connectivity index (χ1n) is 10.1. The Hall–Kier alpha value is -4.46. The van der Waals surface area contributed by atoms with Crippen molar-refractivity contribution in [2.45, 2.75) is 43.9 Å². The maximum absolute atomic E-state index is 11.7. The molecule has 0 radical (unpaired) electrons. The van der Waals surface area contributed by atoms with Crippen molar-refractivity contribution >= 4 is 17.8 Å². The average molecular weight is 487 g/mol. The maximum atomic E-state index is 11.7. The van der Waals surface area contributed by atoms with Gasteiger partial charge < -0.3 is 30.5 Å². The molecule has 0 aliphatic carbocycles. The van der Waals surface area contributed by atoms with Crippen LogP contribution < -0.4 is 5.32 Å². The predicted octanol–water partition coefficient (Wildman–Crippen LogP) is -0.0840. The zero-order chi connectivity index (χ0) is 25.7. The SMILES string of the molecule is CC(=O)N[C@@H]1C(N=[N+]=[N-])C=C(C(=O)O)O[C@H]1[C@H](O)[C@H](O)Cn1cc(-c2ccc(C(=O)O)cc2)nn1. The molecule has 0 fully saturated rings. The van der Waals surface area contributed by atoms with Gasteiger partial charge in [-0.1, -0.05) is 22.5 Å². The lowest BCUT2D eigenvalue weighted by atomic mass is 9.92. The number of azide groups is 1. The van der Waals surface area contributed by atoms with E-state index < -0.39 is 54.0 Å². The van der Waals surface area contributed by atoms with Crippen LogP contribution in [-0.2, 0) is 20.9 Å². The second-order valence-corrected chi connectivity index (χ2v) is 7.61. The number of amides is 1. The van der Waals surface area contributed by atoms with Gasteiger partial charge in [0.25, 0.3) is 0 Å². The van der Waals surface area contributed by atoms with Crippen LogP contribution in [0.5, 0.6) is 0 Å². The maximum Gasteiger partial charge on any atom is 0.370 e. The third-order valence-electron chi connectivity index (χ3n) is 5.14. The van der Waals surface area contributed by atoms with Crippen LogP contribution in [-0.4, -0.2) is 83.7 Å². The minimum absolute atomic E-state index is 0.0923. The van der Waals surface area contributed by atoms with Crippen molar-refractivity contribution < 1.29 is 39.5 Å². The summed E-state index contributed by atoms with van der Waals surface area (Å²) < 4.78 is 6.54. The topological polar surface area (TPSA) is 233 Å². The second kappa shape index (κ2) is 10.6. The minimum Gasteiger partial charge on any atom is -0.478 e. The van der Waals surface area contributed by atoms with Crippen molar-refractivity contribution in [2.24, 2.45) is 5.11 Å². The van der Waals surface area contributed by atoms with Crippen molar-refractivity contribution in [1.29, 1.82) is 0 Å². The van der Waals surface area contributed by atoms with Crippen molar-refractivity contribution in [2.75, 3.05) is 0 Å². The lowest BCUT2D eigenvalue weighted by molar-refractivity contribution is -0.145. The van der Waals surface area contributed by atoms with E-state index in [1.165, 1.54) is 42.1 Å². The number of ether oxygens (including phenoxy) is 1. The fourth-order valence-corrected chi connectivity index (χ4v) is 3.51. The summed E-state index contributed by atoms with van der Waals surface area (Å²) in [5.41, 5.74) is 9.85. The number of hydrogen-bond acceptors (Lipinski definition) is 9. The largest absolute Gasteiger partial charge is 0.478 e. The van der Waals surface area contributed by atoms with Gasteiger partial charge in [0.1, 0.15) is 24.0 Å². The summed E-state index contributed by atoms with van der Waals surface area (Å²) in [4.78, 5) is 36.7. The van der Waals surface area contributed by atoms with Gasteiger partial charge in [-0.05, 0) is 23.7 Å². The van der Waals surface area contributed by atoms with E-state index in [1.54, 1.807) is 0 Å². The Kier molecular flexibility index (Phi) is 7.66. The molecule has 1 aliphatic heterocycles. The van der Waals surface area contributed by atoms with Crippen LogP contribution in [0, 0.1) is 0 Å². The smallest absolute Gasteiger partial charge is 0.370 e. The number of nitrogens with zero attached hydrogens (tertiary/aromatic N) is 6. The molecule has 0 bridgehead atoms. The summed E-state index contributed by atoms with van der Waals surface area (Å²) >= 11 is 0. The van der Waals surface area contributed by atoms with Crippen LogP contribution in [0.1, 0.15) is 17.3 Å². The number of benzene rings is 1. The predicted molar refractivity (Wildman–Crippen MR) is 116 cm³/mol. The van der Waals surface area contributed by atoms with Crippen LogP contribution >= 0.6 is 0 Å². The van der Waals surface area contributed by atoms with E-state index in [1.807, 2.05) is 0 Å². The van der Waals surface area contributed by atoms with Gasteiger partial charge in [0.15, 0.2) is 0 Å². The highest BCUT2D eigenvalue weighted by Crippen LogP contribution is 2.25. The van der Waals surface area contributed by atoms with Crippen molar-refractivity contribution in [3.05, 3.63) is 58.3 Å². The zero-order valence-electron chi connectivity index (χ0n) is 18.2. The van der Waals surface area contributed by atoms with Crippen LogP contribution in [0.2, 0.25) is 0 Å². The number of aliphatic carboxylic acids is 1. The molecule has 1 aromatic heterocycles. The summed E-state index contributed by atoms with van der Waals surface area (Å²) in [6, 6.07) is 3.48. The molecule has 15 heteroatoms. The number of aliphatic hydroxyl groups is 2. The molecule has 0 saturated carbocycles. The van der Waals surface area contributed by atoms with Crippen LogP contribution in [0.15, 0.2) is 47.4 Å². The molecule has 0 spiro atoms. The van der Waals surface area contributed by atoms with E-state index in [4.69, 9.17) is 15.4 Å². The van der Waals surface area contributed by atoms with Gasteiger partial charge >= 0.3 is 11.9 Å². The standard InChI is InChI=1S/C20H21N7O8/c1-9(28)22-16-12(23-25-21)6-15(20(33)34)35-18(16)17(30)14(29)8-27-7-13(24-26-27)10-2-4-11(5-3-10)19(31)32/h2-7,12,14,16-18,29-30H,8H2,1H3,(H,22,28)(H,31,32)(H,33,34)/t12?,14-,16-,17-,18-/m1/s1. The van der Waals surface area contributed by atoms with Crippen molar-refractivity contribution in [3.8, 4) is 11.3 Å². The van der Waals surface area contributed by atoms with E-state index in [2.05, 4.69) is 25.7 Å². The van der Waals surface area contributed by atoms with Gasteiger partial charge in [-0.15, -0.1) is 5.10 Å². The van der Waals surface area contributed by atoms with Gasteiger partial charge in [0.2, 0.25) is 11.7 Å². The third kappa shape index (κ3) is 5.92. The highest BCUT2D eigenvalue weighted by atomic mass is 16.5. The number of rotatable bonds is 9. The molecule has 3 rings (SSSR count). The number of carbonyl (C=O) groups excluding carboxylic acids is 1. The highest BCUT2D eigenvalue weighted by molar-refractivity contribution is 5.88. The summed E-state index contributed by atoms with van der Waals surface area (Å²) in [6.45, 7) is 0.871. The molecular weight excluding hydrogens is 466 g/mol. The molecule has 1 aromatic carbocycles. The Morgan fingerprint density at radius 3 is 2.49 bits per heavy atom. The monoisotopic (exact) mass is 487 g/mol. The Morgan fingerprint density at radius 2 is 1.91 bits per heavy atom. The average Bonchev–Trinajstić information content (AvgIpc) is 3.27. The molecule has 1 unspecified atom stereocenters. The van der Waals surface area contributed by atoms with Crippen molar-refractivity contribution in [3.63, 3.8) is 0 Å². The lowest BCUT2D eigenvalue weighted by Crippen LogP contribution is -2.59. The first kappa shape index (κ1) is 25.2. The number of nitrogens with one attached hydrogen (secondary N) is 1. The number of aromatic nitrogens is 3.